The molecule has 0 aliphatic carbocycles. The third kappa shape index (κ3) is 3.04. The molecular weight excluding hydrogens is 398 g/mol. The number of carbonyl (C=O) groups is 2. The van der Waals surface area contributed by atoms with Gasteiger partial charge in [-0.3, -0.25) is 9.69 Å². The fraction of sp³-hybridized carbons (Fsp3) is 0.211. The van der Waals surface area contributed by atoms with Crippen molar-refractivity contribution in [2.24, 2.45) is 0 Å². The summed E-state index contributed by atoms with van der Waals surface area (Å²) in [7, 11) is 1.57. The maximum atomic E-state index is 12.9. The van der Waals surface area contributed by atoms with E-state index in [1.807, 2.05) is 18.2 Å². The number of nitrogens with zero attached hydrogens (tertiary/aromatic N) is 2. The van der Waals surface area contributed by atoms with E-state index in [9.17, 15) is 9.59 Å². The molecule has 6 nitrogen and oxygen atoms in total. The van der Waals surface area contributed by atoms with E-state index >= 15 is 0 Å². The van der Waals surface area contributed by atoms with Crippen LogP contribution < -0.4 is 10.1 Å². The van der Waals surface area contributed by atoms with Gasteiger partial charge < -0.3 is 10.1 Å². The molecule has 7 heteroatoms. The molecule has 0 saturated carbocycles. The number of ether oxygens (including phenoxy) is 1. The third-order valence-electron chi connectivity index (χ3n) is 4.42. The highest BCUT2D eigenvalue weighted by atomic mass is 79.9. The van der Waals surface area contributed by atoms with Gasteiger partial charge in [0.2, 0.25) is 0 Å². The van der Waals surface area contributed by atoms with Crippen LogP contribution in [0.1, 0.15) is 23.6 Å². The molecule has 3 amide bonds. The third-order valence-corrected chi connectivity index (χ3v) is 5.04. The molecule has 1 atom stereocenters. The molecule has 0 radical (unpaired) electrons. The number of urea groups is 1. The molecule has 1 aliphatic rings. The lowest BCUT2D eigenvalue weighted by Gasteiger charge is -2.22. The molecule has 2 aromatic rings. The number of imide groups is 1. The number of amides is 3. The summed E-state index contributed by atoms with van der Waals surface area (Å²) in [5.41, 5.74) is 0.766. The summed E-state index contributed by atoms with van der Waals surface area (Å²) in [6.45, 7) is 1.82. The molecule has 1 fully saturated rings. The zero-order valence-corrected chi connectivity index (χ0v) is 15.8. The van der Waals surface area contributed by atoms with Crippen LogP contribution in [0.4, 0.5) is 4.79 Å². The Labute approximate surface area is 159 Å². The summed E-state index contributed by atoms with van der Waals surface area (Å²) in [5, 5.41) is 11.7. The Hall–Kier alpha value is -2.85. The lowest BCUT2D eigenvalue weighted by atomic mass is 9.91. The van der Waals surface area contributed by atoms with E-state index in [0.717, 1.165) is 10.0 Å². The minimum absolute atomic E-state index is 0.152. The monoisotopic (exact) mass is 413 g/mol. The minimum atomic E-state index is -1.16. The van der Waals surface area contributed by atoms with Crippen molar-refractivity contribution in [3.05, 3.63) is 63.6 Å². The highest BCUT2D eigenvalue weighted by molar-refractivity contribution is 9.10. The molecule has 1 unspecified atom stereocenters. The summed E-state index contributed by atoms with van der Waals surface area (Å²) in [6, 6.07) is 13.6. The molecule has 0 aromatic heterocycles. The van der Waals surface area contributed by atoms with Crippen LogP contribution in [0.3, 0.4) is 0 Å². The number of nitriles is 1. The number of nitrogens with one attached hydrogen (secondary N) is 1. The van der Waals surface area contributed by atoms with Gasteiger partial charge in [0.25, 0.3) is 5.91 Å². The summed E-state index contributed by atoms with van der Waals surface area (Å²) < 4.78 is 5.94. The Balaban J connectivity index is 1.86. The van der Waals surface area contributed by atoms with Crippen molar-refractivity contribution in [3.63, 3.8) is 0 Å². The van der Waals surface area contributed by atoms with Crippen molar-refractivity contribution in [2.75, 3.05) is 7.11 Å². The summed E-state index contributed by atoms with van der Waals surface area (Å²) in [4.78, 5) is 26.5. The molecule has 0 bridgehead atoms. The quantitative estimate of drug-likeness (QED) is 0.779. The number of halogens is 1. The van der Waals surface area contributed by atoms with Crippen molar-refractivity contribution in [1.82, 2.24) is 10.2 Å². The standard InChI is InChI=1S/C19H16BrN3O3/c1-19(14-6-3-12(10-21)4-7-14)17(24)23(18(25)22-19)11-13-5-8-16(26-2)15(20)9-13/h3-9H,11H2,1-2H3,(H,22,25). The molecule has 1 N–H and O–H groups in total. The summed E-state index contributed by atoms with van der Waals surface area (Å²) in [5.74, 6) is 0.340. The molecule has 3 rings (SSSR count). The Morgan fingerprint density at radius 3 is 2.50 bits per heavy atom. The van der Waals surface area contributed by atoms with Crippen molar-refractivity contribution < 1.29 is 14.3 Å². The number of rotatable bonds is 4. The lowest BCUT2D eigenvalue weighted by Crippen LogP contribution is -2.40. The van der Waals surface area contributed by atoms with Crippen molar-refractivity contribution in [1.29, 1.82) is 5.26 Å². The van der Waals surface area contributed by atoms with Gasteiger partial charge >= 0.3 is 6.03 Å². The number of carbonyl (C=O) groups excluding carboxylic acids is 2. The summed E-state index contributed by atoms with van der Waals surface area (Å²) in [6.07, 6.45) is 0. The number of methoxy groups -OCH3 is 1. The highest BCUT2D eigenvalue weighted by Crippen LogP contribution is 2.31. The first kappa shape index (κ1) is 18.0. The van der Waals surface area contributed by atoms with Crippen molar-refractivity contribution >= 4 is 27.9 Å². The van der Waals surface area contributed by atoms with Gasteiger partial charge in [-0.1, -0.05) is 18.2 Å². The van der Waals surface area contributed by atoms with Gasteiger partial charge in [0.1, 0.15) is 11.3 Å². The van der Waals surface area contributed by atoms with Crippen LogP contribution in [-0.4, -0.2) is 23.9 Å². The van der Waals surface area contributed by atoms with Gasteiger partial charge in [0.05, 0.1) is 29.8 Å². The first-order chi connectivity index (χ1) is 12.4. The fourth-order valence-electron chi connectivity index (χ4n) is 2.91. The molecule has 2 aromatic carbocycles. The Morgan fingerprint density at radius 2 is 1.92 bits per heavy atom. The second-order valence-corrected chi connectivity index (χ2v) is 6.96. The topological polar surface area (TPSA) is 82.4 Å². The van der Waals surface area contributed by atoms with Gasteiger partial charge in [0, 0.05) is 0 Å². The SMILES string of the molecule is COc1ccc(CN2C(=O)NC(C)(c3ccc(C#N)cc3)C2=O)cc1Br. The Bertz CT molecular complexity index is 921. The molecule has 0 spiro atoms. The van der Waals surface area contributed by atoms with Gasteiger partial charge in [-0.15, -0.1) is 0 Å². The number of hydrogen-bond acceptors (Lipinski definition) is 4. The molecular formula is C19H16BrN3O3. The minimum Gasteiger partial charge on any atom is -0.496 e. The molecule has 1 heterocycles. The van der Waals surface area contributed by atoms with E-state index in [-0.39, 0.29) is 12.5 Å². The molecule has 132 valence electrons. The van der Waals surface area contributed by atoms with Crippen LogP contribution in [0.15, 0.2) is 46.9 Å². The largest absolute Gasteiger partial charge is 0.496 e. The maximum absolute atomic E-state index is 12.9. The van der Waals surface area contributed by atoms with Crippen LogP contribution >= 0.6 is 15.9 Å². The van der Waals surface area contributed by atoms with Gasteiger partial charge in [-0.05, 0) is 58.2 Å². The second kappa shape index (κ2) is 6.81. The smallest absolute Gasteiger partial charge is 0.325 e. The molecule has 26 heavy (non-hydrogen) atoms. The second-order valence-electron chi connectivity index (χ2n) is 6.10. The maximum Gasteiger partial charge on any atom is 0.325 e. The molecule has 1 saturated heterocycles. The van der Waals surface area contributed by atoms with E-state index < -0.39 is 11.6 Å². The zero-order valence-electron chi connectivity index (χ0n) is 14.2. The Morgan fingerprint density at radius 1 is 1.23 bits per heavy atom. The van der Waals surface area contributed by atoms with Crippen molar-refractivity contribution in [3.8, 4) is 11.8 Å². The first-order valence-corrected chi connectivity index (χ1v) is 8.65. The van der Waals surface area contributed by atoms with Gasteiger partial charge in [-0.2, -0.15) is 5.26 Å². The number of hydrogen-bond donors (Lipinski definition) is 1. The zero-order chi connectivity index (χ0) is 18.9. The van der Waals surface area contributed by atoms with Crippen LogP contribution in [0, 0.1) is 11.3 Å². The van der Waals surface area contributed by atoms with E-state index in [2.05, 4.69) is 21.2 Å². The van der Waals surface area contributed by atoms with Gasteiger partial charge in [-0.25, -0.2) is 4.79 Å². The number of benzene rings is 2. The van der Waals surface area contributed by atoms with Crippen LogP contribution in [0.25, 0.3) is 0 Å². The predicted molar refractivity (Wildman–Crippen MR) is 98.3 cm³/mol. The Kier molecular flexibility index (Phi) is 4.70. The van der Waals surface area contributed by atoms with Crippen LogP contribution in [0.5, 0.6) is 5.75 Å². The van der Waals surface area contributed by atoms with Crippen LogP contribution in [-0.2, 0) is 16.9 Å². The van der Waals surface area contributed by atoms with Crippen molar-refractivity contribution in [2.45, 2.75) is 19.0 Å². The van der Waals surface area contributed by atoms with E-state index in [1.54, 1.807) is 44.4 Å². The van der Waals surface area contributed by atoms with Crippen LogP contribution in [0.2, 0.25) is 0 Å². The lowest BCUT2D eigenvalue weighted by molar-refractivity contribution is -0.131. The fourth-order valence-corrected chi connectivity index (χ4v) is 3.49. The normalized spacial score (nSPS) is 19.2. The van der Waals surface area contributed by atoms with E-state index in [4.69, 9.17) is 10.00 Å². The first-order valence-electron chi connectivity index (χ1n) is 7.86. The van der Waals surface area contributed by atoms with Gasteiger partial charge in [0.15, 0.2) is 0 Å². The average molecular weight is 414 g/mol. The molecule has 1 aliphatic heterocycles. The predicted octanol–water partition coefficient (Wildman–Crippen LogP) is 3.30. The average Bonchev–Trinajstić information content (AvgIpc) is 2.86. The summed E-state index contributed by atoms with van der Waals surface area (Å²) >= 11 is 3.40. The van der Waals surface area contributed by atoms with E-state index in [0.29, 0.717) is 16.9 Å². The highest BCUT2D eigenvalue weighted by Gasteiger charge is 2.48. The van der Waals surface area contributed by atoms with E-state index in [1.165, 1.54) is 4.90 Å².